The van der Waals surface area contributed by atoms with Crippen LogP contribution >= 0.6 is 0 Å². The first-order chi connectivity index (χ1) is 10.3. The fourth-order valence-corrected chi connectivity index (χ4v) is 2.99. The van der Waals surface area contributed by atoms with Gasteiger partial charge in [-0.2, -0.15) is 0 Å². The van der Waals surface area contributed by atoms with E-state index >= 15 is 0 Å². The van der Waals surface area contributed by atoms with Gasteiger partial charge in [0, 0.05) is 11.1 Å². The molecular formula is C19H23NO. The van der Waals surface area contributed by atoms with Gasteiger partial charge >= 0.3 is 0 Å². The summed E-state index contributed by atoms with van der Waals surface area (Å²) in [6, 6.07) is 16.9. The molecule has 0 saturated heterocycles. The second kappa shape index (κ2) is 6.31. The van der Waals surface area contributed by atoms with Gasteiger partial charge in [0.2, 0.25) is 0 Å². The summed E-state index contributed by atoms with van der Waals surface area (Å²) in [5, 5.41) is 3.76. The molecule has 21 heavy (non-hydrogen) atoms. The summed E-state index contributed by atoms with van der Waals surface area (Å²) in [6.45, 7) is 5.57. The van der Waals surface area contributed by atoms with Gasteiger partial charge in [-0.1, -0.05) is 63.1 Å². The van der Waals surface area contributed by atoms with E-state index in [4.69, 9.17) is 4.74 Å². The minimum Gasteiger partial charge on any atom is -0.457 e. The number of para-hydroxylation sites is 2. The fourth-order valence-electron chi connectivity index (χ4n) is 2.99. The van der Waals surface area contributed by atoms with Crippen molar-refractivity contribution in [1.82, 2.24) is 5.32 Å². The highest BCUT2D eigenvalue weighted by molar-refractivity contribution is 5.52. The van der Waals surface area contributed by atoms with Gasteiger partial charge in [0.15, 0.2) is 0 Å². The van der Waals surface area contributed by atoms with E-state index in [1.165, 1.54) is 24.0 Å². The van der Waals surface area contributed by atoms with Crippen LogP contribution in [0, 0.1) is 5.92 Å². The molecule has 1 aliphatic rings. The van der Waals surface area contributed by atoms with Crippen molar-refractivity contribution in [2.45, 2.75) is 32.7 Å². The molecule has 0 radical (unpaired) electrons. The van der Waals surface area contributed by atoms with Gasteiger partial charge in [-0.15, -0.1) is 0 Å². The zero-order valence-corrected chi connectivity index (χ0v) is 12.8. The van der Waals surface area contributed by atoms with Gasteiger partial charge < -0.3 is 10.1 Å². The van der Waals surface area contributed by atoms with Crippen LogP contribution in [0.1, 0.15) is 43.9 Å². The van der Waals surface area contributed by atoms with Gasteiger partial charge in [-0.25, -0.2) is 0 Å². The number of fused-ring (bicyclic) bond motifs is 2. The SMILES string of the molecule is CCC(CC)CNC1c2ccccc2Oc2ccccc21. The smallest absolute Gasteiger partial charge is 0.132 e. The second-order valence-corrected chi connectivity index (χ2v) is 5.70. The van der Waals surface area contributed by atoms with Crippen molar-refractivity contribution < 1.29 is 4.74 Å². The summed E-state index contributed by atoms with van der Waals surface area (Å²) >= 11 is 0. The van der Waals surface area contributed by atoms with Crippen molar-refractivity contribution in [1.29, 1.82) is 0 Å². The highest BCUT2D eigenvalue weighted by Gasteiger charge is 2.26. The summed E-state index contributed by atoms with van der Waals surface area (Å²) < 4.78 is 6.03. The number of ether oxygens (including phenoxy) is 1. The number of rotatable bonds is 5. The minimum absolute atomic E-state index is 0.228. The molecule has 0 saturated carbocycles. The lowest BCUT2D eigenvalue weighted by atomic mass is 9.93. The molecule has 0 bridgehead atoms. The fraction of sp³-hybridized carbons (Fsp3) is 0.368. The van der Waals surface area contributed by atoms with Crippen molar-refractivity contribution in [2.24, 2.45) is 5.92 Å². The van der Waals surface area contributed by atoms with Crippen LogP contribution < -0.4 is 10.1 Å². The molecule has 0 aromatic heterocycles. The number of nitrogens with one attached hydrogen (secondary N) is 1. The topological polar surface area (TPSA) is 21.3 Å². The van der Waals surface area contributed by atoms with E-state index in [1.807, 2.05) is 12.1 Å². The Bertz CT molecular complexity index is 559. The predicted octanol–water partition coefficient (Wildman–Crippen LogP) is 4.91. The first-order valence-corrected chi connectivity index (χ1v) is 7.92. The maximum Gasteiger partial charge on any atom is 0.132 e. The van der Waals surface area contributed by atoms with E-state index < -0.39 is 0 Å². The van der Waals surface area contributed by atoms with Crippen molar-refractivity contribution in [3.63, 3.8) is 0 Å². The molecule has 110 valence electrons. The monoisotopic (exact) mass is 281 g/mol. The van der Waals surface area contributed by atoms with Crippen LogP contribution in [-0.4, -0.2) is 6.54 Å². The molecule has 3 rings (SSSR count). The lowest BCUT2D eigenvalue weighted by Crippen LogP contribution is -2.29. The molecule has 2 heteroatoms. The van der Waals surface area contributed by atoms with Crippen LogP contribution in [0.4, 0.5) is 0 Å². The molecule has 0 unspecified atom stereocenters. The van der Waals surface area contributed by atoms with Crippen LogP contribution in [0.15, 0.2) is 48.5 Å². The highest BCUT2D eigenvalue weighted by atomic mass is 16.5. The lowest BCUT2D eigenvalue weighted by Gasteiger charge is -2.30. The molecule has 2 aromatic carbocycles. The van der Waals surface area contributed by atoms with E-state index in [9.17, 15) is 0 Å². The van der Waals surface area contributed by atoms with Crippen LogP contribution in [0.25, 0.3) is 0 Å². The van der Waals surface area contributed by atoms with E-state index in [1.54, 1.807) is 0 Å². The molecule has 2 nitrogen and oxygen atoms in total. The summed E-state index contributed by atoms with van der Waals surface area (Å²) in [5.41, 5.74) is 2.48. The number of hydrogen-bond acceptors (Lipinski definition) is 2. The average Bonchev–Trinajstić information content (AvgIpc) is 2.54. The molecule has 0 atom stereocenters. The third-order valence-electron chi connectivity index (χ3n) is 4.45. The van der Waals surface area contributed by atoms with E-state index in [-0.39, 0.29) is 6.04 Å². The Kier molecular flexibility index (Phi) is 4.26. The molecule has 2 aromatic rings. The van der Waals surface area contributed by atoms with Crippen LogP contribution in [0.3, 0.4) is 0 Å². The zero-order chi connectivity index (χ0) is 14.7. The summed E-state index contributed by atoms with van der Waals surface area (Å²) in [6.07, 6.45) is 2.44. The summed E-state index contributed by atoms with van der Waals surface area (Å²) in [4.78, 5) is 0. The standard InChI is InChI=1S/C19H23NO/c1-3-14(4-2)13-20-19-15-9-5-7-11-17(15)21-18-12-8-6-10-16(18)19/h5-12,14,19-20H,3-4,13H2,1-2H3. The Hall–Kier alpha value is -1.80. The maximum absolute atomic E-state index is 6.03. The van der Waals surface area contributed by atoms with Crippen LogP contribution in [0.2, 0.25) is 0 Å². The first-order valence-electron chi connectivity index (χ1n) is 7.92. The highest BCUT2D eigenvalue weighted by Crippen LogP contribution is 2.42. The maximum atomic E-state index is 6.03. The lowest BCUT2D eigenvalue weighted by molar-refractivity contribution is 0.395. The largest absolute Gasteiger partial charge is 0.457 e. The Balaban J connectivity index is 1.91. The van der Waals surface area contributed by atoms with Crippen molar-refractivity contribution in [3.05, 3.63) is 59.7 Å². The Labute approximate surface area is 127 Å². The normalized spacial score (nSPS) is 13.7. The van der Waals surface area contributed by atoms with E-state index in [2.05, 4.69) is 55.6 Å². The molecule has 0 fully saturated rings. The quantitative estimate of drug-likeness (QED) is 0.841. The summed E-state index contributed by atoms with van der Waals surface area (Å²) in [5.74, 6) is 2.67. The summed E-state index contributed by atoms with van der Waals surface area (Å²) in [7, 11) is 0. The first kappa shape index (κ1) is 14.2. The average molecular weight is 281 g/mol. The zero-order valence-electron chi connectivity index (χ0n) is 12.8. The second-order valence-electron chi connectivity index (χ2n) is 5.70. The third-order valence-corrected chi connectivity index (χ3v) is 4.45. The Morgan fingerprint density at radius 1 is 0.905 bits per heavy atom. The van der Waals surface area contributed by atoms with Crippen molar-refractivity contribution >= 4 is 0 Å². The predicted molar refractivity (Wildman–Crippen MR) is 86.9 cm³/mol. The van der Waals surface area contributed by atoms with Crippen molar-refractivity contribution in [2.75, 3.05) is 6.54 Å². The number of hydrogen-bond donors (Lipinski definition) is 1. The molecule has 1 aliphatic heterocycles. The number of benzene rings is 2. The van der Waals surface area contributed by atoms with Crippen LogP contribution in [0.5, 0.6) is 11.5 Å². The minimum atomic E-state index is 0.228. The van der Waals surface area contributed by atoms with Crippen molar-refractivity contribution in [3.8, 4) is 11.5 Å². The molecule has 0 amide bonds. The van der Waals surface area contributed by atoms with Crippen LogP contribution in [-0.2, 0) is 0 Å². The third kappa shape index (κ3) is 2.81. The molecule has 0 spiro atoms. The Morgan fingerprint density at radius 2 is 1.43 bits per heavy atom. The Morgan fingerprint density at radius 3 is 1.95 bits per heavy atom. The van der Waals surface area contributed by atoms with E-state index in [0.29, 0.717) is 0 Å². The van der Waals surface area contributed by atoms with Gasteiger partial charge in [-0.05, 0) is 24.6 Å². The van der Waals surface area contributed by atoms with Gasteiger partial charge in [-0.3, -0.25) is 0 Å². The van der Waals surface area contributed by atoms with Gasteiger partial charge in [0.05, 0.1) is 6.04 Å². The van der Waals surface area contributed by atoms with E-state index in [0.717, 1.165) is 24.0 Å². The molecule has 1 heterocycles. The van der Waals surface area contributed by atoms with Gasteiger partial charge in [0.25, 0.3) is 0 Å². The molecular weight excluding hydrogens is 258 g/mol. The molecule has 0 aliphatic carbocycles. The molecule has 1 N–H and O–H groups in total. The van der Waals surface area contributed by atoms with Gasteiger partial charge in [0.1, 0.15) is 11.5 Å².